The van der Waals surface area contributed by atoms with Crippen LogP contribution >= 0.6 is 0 Å². The van der Waals surface area contributed by atoms with Crippen LogP contribution in [0.2, 0.25) is 0 Å². The summed E-state index contributed by atoms with van der Waals surface area (Å²) in [5.74, 6) is 0. The first-order valence-electron chi connectivity index (χ1n) is 7.11. The maximum atomic E-state index is 9.99. The van der Waals surface area contributed by atoms with Crippen molar-refractivity contribution in [2.24, 2.45) is 0 Å². The Labute approximate surface area is 111 Å². The van der Waals surface area contributed by atoms with Crippen molar-refractivity contribution in [3.05, 3.63) is 35.9 Å². The summed E-state index contributed by atoms with van der Waals surface area (Å²) in [7, 11) is 0. The van der Waals surface area contributed by atoms with Crippen molar-refractivity contribution >= 4 is 0 Å². The van der Waals surface area contributed by atoms with Crippen LogP contribution in [0.4, 0.5) is 0 Å². The van der Waals surface area contributed by atoms with Crippen molar-refractivity contribution in [1.82, 2.24) is 5.32 Å². The van der Waals surface area contributed by atoms with Gasteiger partial charge >= 0.3 is 0 Å². The lowest BCUT2D eigenvalue weighted by Gasteiger charge is -2.23. The number of hydrogen-bond donors (Lipinski definition) is 2. The van der Waals surface area contributed by atoms with E-state index in [2.05, 4.69) is 42.6 Å². The molecule has 0 aliphatic carbocycles. The summed E-state index contributed by atoms with van der Waals surface area (Å²) in [6.45, 7) is 5.71. The Morgan fingerprint density at radius 1 is 1.17 bits per heavy atom. The topological polar surface area (TPSA) is 32.3 Å². The number of aryl methyl sites for hydroxylation is 1. The van der Waals surface area contributed by atoms with Crippen molar-refractivity contribution in [3.8, 4) is 0 Å². The van der Waals surface area contributed by atoms with Crippen molar-refractivity contribution in [3.63, 3.8) is 0 Å². The first kappa shape index (κ1) is 15.2. The van der Waals surface area contributed by atoms with Crippen LogP contribution in [0.5, 0.6) is 0 Å². The van der Waals surface area contributed by atoms with Crippen LogP contribution in [-0.2, 0) is 6.42 Å². The van der Waals surface area contributed by atoms with E-state index in [9.17, 15) is 5.11 Å². The molecule has 18 heavy (non-hydrogen) atoms. The van der Waals surface area contributed by atoms with Gasteiger partial charge in [0.05, 0.1) is 5.60 Å². The molecule has 0 saturated carbocycles. The summed E-state index contributed by atoms with van der Waals surface area (Å²) in [6.07, 6.45) is 5.41. The molecule has 1 rings (SSSR count). The zero-order valence-corrected chi connectivity index (χ0v) is 11.8. The number of unbranched alkanes of at least 4 members (excludes halogenated alkanes) is 1. The normalized spacial score (nSPS) is 14.4. The van der Waals surface area contributed by atoms with E-state index in [0.717, 1.165) is 32.2 Å². The average molecular weight is 249 g/mol. The van der Waals surface area contributed by atoms with E-state index in [1.807, 2.05) is 6.92 Å². The molecule has 1 unspecified atom stereocenters. The van der Waals surface area contributed by atoms with Crippen molar-refractivity contribution < 1.29 is 5.11 Å². The van der Waals surface area contributed by atoms with Gasteiger partial charge in [-0.1, -0.05) is 43.7 Å². The predicted molar refractivity (Wildman–Crippen MR) is 77.8 cm³/mol. The third kappa shape index (κ3) is 6.77. The molecule has 2 N–H and O–H groups in total. The monoisotopic (exact) mass is 249 g/mol. The summed E-state index contributed by atoms with van der Waals surface area (Å²) in [6, 6.07) is 10.6. The molecule has 0 radical (unpaired) electrons. The first-order chi connectivity index (χ1) is 8.64. The van der Waals surface area contributed by atoms with Crippen LogP contribution in [0.15, 0.2) is 30.3 Å². The highest BCUT2D eigenvalue weighted by molar-refractivity contribution is 5.14. The van der Waals surface area contributed by atoms with Crippen LogP contribution < -0.4 is 5.32 Å². The molecule has 0 amide bonds. The number of hydrogen-bond acceptors (Lipinski definition) is 2. The molecule has 0 saturated heterocycles. The van der Waals surface area contributed by atoms with Crippen molar-refractivity contribution in [1.29, 1.82) is 0 Å². The van der Waals surface area contributed by atoms with E-state index >= 15 is 0 Å². The highest BCUT2D eigenvalue weighted by Gasteiger charge is 2.17. The SMILES string of the molecule is CCCC(C)(O)CNCCCCc1ccccc1. The van der Waals surface area contributed by atoms with E-state index in [4.69, 9.17) is 0 Å². The Bertz CT molecular complexity index is 308. The Balaban J connectivity index is 2.02. The Kier molecular flexibility index (Phi) is 6.99. The van der Waals surface area contributed by atoms with Gasteiger partial charge in [0.15, 0.2) is 0 Å². The van der Waals surface area contributed by atoms with E-state index in [0.29, 0.717) is 6.54 Å². The highest BCUT2D eigenvalue weighted by Crippen LogP contribution is 2.10. The molecular formula is C16H27NO. The third-order valence-electron chi connectivity index (χ3n) is 3.21. The van der Waals surface area contributed by atoms with Crippen LogP contribution in [0.25, 0.3) is 0 Å². The molecule has 0 spiro atoms. The third-order valence-corrected chi connectivity index (χ3v) is 3.21. The fourth-order valence-corrected chi connectivity index (χ4v) is 2.21. The minimum absolute atomic E-state index is 0.547. The molecule has 0 aromatic heterocycles. The van der Waals surface area contributed by atoms with Crippen LogP contribution in [-0.4, -0.2) is 23.8 Å². The zero-order chi connectivity index (χ0) is 13.3. The van der Waals surface area contributed by atoms with Gasteiger partial charge < -0.3 is 10.4 Å². The van der Waals surface area contributed by atoms with Gasteiger partial charge in [0.2, 0.25) is 0 Å². The number of aliphatic hydroxyl groups is 1. The molecule has 102 valence electrons. The molecule has 2 nitrogen and oxygen atoms in total. The van der Waals surface area contributed by atoms with E-state index in [-0.39, 0.29) is 0 Å². The van der Waals surface area contributed by atoms with Gasteiger partial charge in [-0.3, -0.25) is 0 Å². The standard InChI is InChI=1S/C16H27NO/c1-3-12-16(2,18)14-17-13-8-7-11-15-9-5-4-6-10-15/h4-6,9-10,17-18H,3,7-8,11-14H2,1-2H3. The highest BCUT2D eigenvalue weighted by atomic mass is 16.3. The minimum atomic E-state index is -0.547. The Morgan fingerprint density at radius 3 is 2.56 bits per heavy atom. The fraction of sp³-hybridized carbons (Fsp3) is 0.625. The Hall–Kier alpha value is -0.860. The van der Waals surface area contributed by atoms with Gasteiger partial charge in [-0.05, 0) is 44.7 Å². The zero-order valence-electron chi connectivity index (χ0n) is 11.8. The maximum absolute atomic E-state index is 9.99. The van der Waals surface area contributed by atoms with Crippen molar-refractivity contribution in [2.45, 2.75) is 51.6 Å². The minimum Gasteiger partial charge on any atom is -0.389 e. The molecular weight excluding hydrogens is 222 g/mol. The molecule has 2 heteroatoms. The quantitative estimate of drug-likeness (QED) is 0.659. The average Bonchev–Trinajstić information content (AvgIpc) is 2.35. The van der Waals surface area contributed by atoms with E-state index in [1.54, 1.807) is 0 Å². The lowest BCUT2D eigenvalue weighted by Crippen LogP contribution is -2.38. The van der Waals surface area contributed by atoms with Gasteiger partial charge in [-0.15, -0.1) is 0 Å². The predicted octanol–water partition coefficient (Wildman–Crippen LogP) is 3.15. The molecule has 1 aromatic carbocycles. The summed E-state index contributed by atoms with van der Waals surface area (Å²) in [4.78, 5) is 0. The molecule has 1 atom stereocenters. The van der Waals surface area contributed by atoms with Gasteiger partial charge in [0, 0.05) is 6.54 Å². The van der Waals surface area contributed by atoms with E-state index < -0.39 is 5.60 Å². The molecule has 0 bridgehead atoms. The van der Waals surface area contributed by atoms with Crippen LogP contribution in [0, 0.1) is 0 Å². The van der Waals surface area contributed by atoms with Gasteiger partial charge in [0.1, 0.15) is 0 Å². The molecule has 0 aliphatic rings. The van der Waals surface area contributed by atoms with Gasteiger partial charge in [-0.25, -0.2) is 0 Å². The second kappa shape index (κ2) is 8.28. The van der Waals surface area contributed by atoms with E-state index in [1.165, 1.54) is 12.0 Å². The van der Waals surface area contributed by atoms with Gasteiger partial charge in [0.25, 0.3) is 0 Å². The summed E-state index contributed by atoms with van der Waals surface area (Å²) in [5.41, 5.74) is 0.865. The van der Waals surface area contributed by atoms with Crippen molar-refractivity contribution in [2.75, 3.05) is 13.1 Å². The second-order valence-electron chi connectivity index (χ2n) is 5.37. The molecule has 0 aliphatic heterocycles. The molecule has 0 heterocycles. The summed E-state index contributed by atoms with van der Waals surface area (Å²) < 4.78 is 0. The first-order valence-corrected chi connectivity index (χ1v) is 7.11. The lowest BCUT2D eigenvalue weighted by atomic mass is 10.0. The fourth-order valence-electron chi connectivity index (χ4n) is 2.21. The summed E-state index contributed by atoms with van der Waals surface area (Å²) in [5, 5.41) is 13.3. The van der Waals surface area contributed by atoms with Crippen LogP contribution in [0.3, 0.4) is 0 Å². The smallest absolute Gasteiger partial charge is 0.0743 e. The molecule has 1 aromatic rings. The van der Waals surface area contributed by atoms with Gasteiger partial charge in [-0.2, -0.15) is 0 Å². The number of benzene rings is 1. The maximum Gasteiger partial charge on any atom is 0.0743 e. The number of rotatable bonds is 9. The molecule has 0 fully saturated rings. The summed E-state index contributed by atoms with van der Waals surface area (Å²) >= 11 is 0. The van der Waals surface area contributed by atoms with Crippen LogP contribution in [0.1, 0.15) is 45.1 Å². The lowest BCUT2D eigenvalue weighted by molar-refractivity contribution is 0.0502. The largest absolute Gasteiger partial charge is 0.389 e. The second-order valence-corrected chi connectivity index (χ2v) is 5.37. The Morgan fingerprint density at radius 2 is 1.89 bits per heavy atom. The number of nitrogens with one attached hydrogen (secondary N) is 1.